The number of nitro benzene ring substituents is 1. The van der Waals surface area contributed by atoms with Gasteiger partial charge in [-0.3, -0.25) is 24.5 Å². The summed E-state index contributed by atoms with van der Waals surface area (Å²) in [5.74, 6) is -0.913. The second kappa shape index (κ2) is 10.4. The molecule has 1 amide bonds. The molecule has 1 aliphatic rings. The van der Waals surface area contributed by atoms with Crippen LogP contribution in [-0.4, -0.2) is 35.7 Å². The largest absolute Gasteiger partial charge is 0.457 e. The van der Waals surface area contributed by atoms with E-state index in [-0.39, 0.29) is 30.3 Å². The average Bonchev–Trinajstić information content (AvgIpc) is 3.26. The van der Waals surface area contributed by atoms with Gasteiger partial charge >= 0.3 is 5.97 Å². The first-order valence-corrected chi connectivity index (χ1v) is 11.3. The smallest absolute Gasteiger partial charge is 0.311 e. The molecule has 9 nitrogen and oxygen atoms in total. The molecule has 3 aromatic rings. The minimum Gasteiger partial charge on any atom is -0.457 e. The van der Waals surface area contributed by atoms with Crippen molar-refractivity contribution in [2.45, 2.75) is 20.3 Å². The maximum atomic E-state index is 12.5. The van der Waals surface area contributed by atoms with Crippen molar-refractivity contribution < 1.29 is 28.8 Å². The molecule has 0 radical (unpaired) electrons. The van der Waals surface area contributed by atoms with Crippen LogP contribution in [0.15, 0.2) is 66.7 Å². The summed E-state index contributed by atoms with van der Waals surface area (Å²) in [6.07, 6.45) is 0.0363. The van der Waals surface area contributed by atoms with Crippen molar-refractivity contribution in [2.24, 2.45) is 5.92 Å². The SMILES string of the molecule is Cc1ccc(N2C[C@@H](C(=O)OCC(=O)c3ccc(Oc4ccc([N+](=O)[O-])cc4)cc3)CC2=O)cc1C. The van der Waals surface area contributed by atoms with Crippen molar-refractivity contribution in [2.75, 3.05) is 18.1 Å². The van der Waals surface area contributed by atoms with Gasteiger partial charge in [-0.25, -0.2) is 0 Å². The van der Waals surface area contributed by atoms with Gasteiger partial charge in [0.2, 0.25) is 5.91 Å². The highest BCUT2D eigenvalue weighted by atomic mass is 16.6. The van der Waals surface area contributed by atoms with E-state index in [1.807, 2.05) is 32.0 Å². The van der Waals surface area contributed by atoms with Crippen LogP contribution in [0.3, 0.4) is 0 Å². The van der Waals surface area contributed by atoms with Crippen LogP contribution in [0, 0.1) is 29.9 Å². The highest BCUT2D eigenvalue weighted by molar-refractivity contribution is 6.01. The van der Waals surface area contributed by atoms with Gasteiger partial charge in [-0.2, -0.15) is 0 Å². The summed E-state index contributed by atoms with van der Waals surface area (Å²) < 4.78 is 10.8. The predicted molar refractivity (Wildman–Crippen MR) is 131 cm³/mol. The quantitative estimate of drug-likeness (QED) is 0.194. The maximum Gasteiger partial charge on any atom is 0.311 e. The minimum absolute atomic E-state index is 0.0363. The molecule has 184 valence electrons. The number of ketones is 1. The Morgan fingerprint density at radius 1 is 0.972 bits per heavy atom. The molecule has 0 spiro atoms. The lowest BCUT2D eigenvalue weighted by molar-refractivity contribution is -0.384. The Morgan fingerprint density at radius 3 is 2.22 bits per heavy atom. The number of hydrogen-bond donors (Lipinski definition) is 0. The molecule has 0 aliphatic carbocycles. The minimum atomic E-state index is -0.635. The van der Waals surface area contributed by atoms with Crippen molar-refractivity contribution in [1.82, 2.24) is 0 Å². The number of anilines is 1. The van der Waals surface area contributed by atoms with Gasteiger partial charge in [-0.15, -0.1) is 0 Å². The molecule has 0 bridgehead atoms. The number of Topliss-reactive ketones (excluding diaryl/α,β-unsaturated/α-hetero) is 1. The van der Waals surface area contributed by atoms with Crippen LogP contribution >= 0.6 is 0 Å². The molecule has 0 N–H and O–H groups in total. The van der Waals surface area contributed by atoms with Crippen LogP contribution < -0.4 is 9.64 Å². The normalized spacial score (nSPS) is 15.0. The van der Waals surface area contributed by atoms with Gasteiger partial charge in [-0.05, 0) is 73.5 Å². The highest BCUT2D eigenvalue weighted by Gasteiger charge is 2.36. The Balaban J connectivity index is 1.29. The van der Waals surface area contributed by atoms with E-state index >= 15 is 0 Å². The predicted octanol–water partition coefficient (Wildman–Crippen LogP) is 4.78. The monoisotopic (exact) mass is 488 g/mol. The molecule has 1 atom stereocenters. The fraction of sp³-hybridized carbons (Fsp3) is 0.222. The zero-order chi connectivity index (χ0) is 25.8. The van der Waals surface area contributed by atoms with E-state index in [4.69, 9.17) is 9.47 Å². The number of benzene rings is 3. The van der Waals surface area contributed by atoms with E-state index < -0.39 is 23.4 Å². The molecule has 1 fully saturated rings. The van der Waals surface area contributed by atoms with Gasteiger partial charge in [-0.1, -0.05) is 6.07 Å². The van der Waals surface area contributed by atoms with E-state index in [0.29, 0.717) is 17.1 Å². The summed E-state index contributed by atoms with van der Waals surface area (Å²) in [7, 11) is 0. The van der Waals surface area contributed by atoms with Gasteiger partial charge in [0.05, 0.1) is 10.8 Å². The van der Waals surface area contributed by atoms with Crippen LogP contribution in [0.1, 0.15) is 27.9 Å². The van der Waals surface area contributed by atoms with Crippen molar-refractivity contribution in [3.05, 3.63) is 93.5 Å². The third-order valence-corrected chi connectivity index (χ3v) is 6.07. The maximum absolute atomic E-state index is 12.5. The molecule has 1 saturated heterocycles. The number of carbonyl (C=O) groups excluding carboxylic acids is 3. The Labute approximate surface area is 207 Å². The number of aryl methyl sites for hydroxylation is 2. The van der Waals surface area contributed by atoms with Crippen LogP contribution in [0.5, 0.6) is 11.5 Å². The number of rotatable bonds is 8. The Morgan fingerprint density at radius 2 is 1.61 bits per heavy atom. The zero-order valence-corrected chi connectivity index (χ0v) is 19.8. The van der Waals surface area contributed by atoms with Crippen molar-refractivity contribution >= 4 is 29.0 Å². The second-order valence-corrected chi connectivity index (χ2v) is 8.58. The van der Waals surface area contributed by atoms with E-state index in [1.165, 1.54) is 36.4 Å². The fourth-order valence-electron chi connectivity index (χ4n) is 3.83. The first-order chi connectivity index (χ1) is 17.2. The first-order valence-electron chi connectivity index (χ1n) is 11.3. The van der Waals surface area contributed by atoms with Gasteiger partial charge in [0, 0.05) is 36.3 Å². The third-order valence-electron chi connectivity index (χ3n) is 6.07. The van der Waals surface area contributed by atoms with Gasteiger partial charge in [0.1, 0.15) is 11.5 Å². The number of nitrogens with zero attached hydrogens (tertiary/aromatic N) is 2. The molecular formula is C27H24N2O7. The number of non-ortho nitro benzene ring substituents is 1. The molecular weight excluding hydrogens is 464 g/mol. The Hall–Kier alpha value is -4.53. The second-order valence-electron chi connectivity index (χ2n) is 8.58. The highest BCUT2D eigenvalue weighted by Crippen LogP contribution is 2.28. The van der Waals surface area contributed by atoms with Crippen LogP contribution in [-0.2, 0) is 14.3 Å². The number of carbonyl (C=O) groups is 3. The van der Waals surface area contributed by atoms with Crippen LogP contribution in [0.2, 0.25) is 0 Å². The summed E-state index contributed by atoms with van der Waals surface area (Å²) in [6, 6.07) is 17.6. The molecule has 1 aliphatic heterocycles. The Kier molecular flexibility index (Phi) is 7.10. The van der Waals surface area contributed by atoms with Gasteiger partial charge in [0.15, 0.2) is 12.4 Å². The summed E-state index contributed by atoms with van der Waals surface area (Å²) in [6.45, 7) is 3.73. The lowest BCUT2D eigenvalue weighted by Crippen LogP contribution is -2.27. The fourth-order valence-corrected chi connectivity index (χ4v) is 3.83. The van der Waals surface area contributed by atoms with Gasteiger partial charge in [0.25, 0.3) is 5.69 Å². The number of ether oxygens (including phenoxy) is 2. The topological polar surface area (TPSA) is 116 Å². The molecule has 0 saturated carbocycles. The molecule has 4 rings (SSSR count). The standard InChI is InChI=1S/C27H24N2O7/c1-17-3-6-22(13-18(17)2)28-15-20(14-26(28)31)27(32)35-16-25(30)19-4-9-23(10-5-19)36-24-11-7-21(8-12-24)29(33)34/h3-13,20H,14-16H2,1-2H3/t20-/m0/s1. The number of nitro groups is 1. The molecule has 9 heteroatoms. The number of amides is 1. The summed E-state index contributed by atoms with van der Waals surface area (Å²) in [5, 5.41) is 10.7. The third kappa shape index (κ3) is 5.57. The zero-order valence-electron chi connectivity index (χ0n) is 19.8. The molecule has 36 heavy (non-hydrogen) atoms. The summed E-state index contributed by atoms with van der Waals surface area (Å²) in [5.41, 5.74) is 3.20. The lowest BCUT2D eigenvalue weighted by atomic mass is 10.1. The van der Waals surface area contributed by atoms with Crippen molar-refractivity contribution in [3.63, 3.8) is 0 Å². The van der Waals surface area contributed by atoms with E-state index in [1.54, 1.807) is 17.0 Å². The van der Waals surface area contributed by atoms with E-state index in [0.717, 1.165) is 16.8 Å². The first kappa shape index (κ1) is 24.6. The van der Waals surface area contributed by atoms with Crippen LogP contribution in [0.25, 0.3) is 0 Å². The molecule has 0 aromatic heterocycles. The van der Waals surface area contributed by atoms with Crippen molar-refractivity contribution in [3.8, 4) is 11.5 Å². The summed E-state index contributed by atoms with van der Waals surface area (Å²) in [4.78, 5) is 49.3. The summed E-state index contributed by atoms with van der Waals surface area (Å²) >= 11 is 0. The van der Waals surface area contributed by atoms with Crippen molar-refractivity contribution in [1.29, 1.82) is 0 Å². The Bertz CT molecular complexity index is 1320. The molecule has 3 aromatic carbocycles. The molecule has 1 heterocycles. The molecule has 0 unspecified atom stereocenters. The van der Waals surface area contributed by atoms with E-state index in [2.05, 4.69) is 0 Å². The number of hydrogen-bond acceptors (Lipinski definition) is 7. The average molecular weight is 488 g/mol. The van der Waals surface area contributed by atoms with Gasteiger partial charge < -0.3 is 14.4 Å². The lowest BCUT2D eigenvalue weighted by Gasteiger charge is -2.17. The van der Waals surface area contributed by atoms with E-state index in [9.17, 15) is 24.5 Å². The number of esters is 1. The van der Waals surface area contributed by atoms with Crippen LogP contribution in [0.4, 0.5) is 11.4 Å².